The van der Waals surface area contributed by atoms with Crippen LogP contribution in [-0.2, 0) is 0 Å². The Kier molecular flexibility index (Phi) is 6.61. The van der Waals surface area contributed by atoms with Gasteiger partial charge in [-0.25, -0.2) is 4.79 Å². The van der Waals surface area contributed by atoms with Crippen LogP contribution in [0.1, 0.15) is 0 Å². The number of anilines is 1. The van der Waals surface area contributed by atoms with Crippen LogP contribution in [0.15, 0.2) is 48.5 Å². The number of benzene rings is 2. The van der Waals surface area contributed by atoms with Gasteiger partial charge in [0.2, 0.25) is 0 Å². The van der Waals surface area contributed by atoms with Crippen molar-refractivity contribution in [1.82, 2.24) is 5.32 Å². The molecule has 0 aliphatic rings. The molecule has 0 radical (unpaired) electrons. The fraction of sp³-hybridized carbons (Fsp3) is 0.118. The van der Waals surface area contributed by atoms with E-state index < -0.39 is 0 Å². The highest BCUT2D eigenvalue weighted by Gasteiger charge is 2.00. The van der Waals surface area contributed by atoms with Crippen LogP contribution in [0.5, 0.6) is 5.75 Å². The molecule has 0 fully saturated rings. The smallest absolute Gasteiger partial charge is 0.319 e. The summed E-state index contributed by atoms with van der Waals surface area (Å²) in [5, 5.41) is 6.36. The largest absolute Gasteiger partial charge is 0.479 e. The molecule has 23 heavy (non-hydrogen) atoms. The molecule has 0 aliphatic carbocycles. The zero-order valence-corrected chi connectivity index (χ0v) is 13.6. The highest BCUT2D eigenvalue weighted by atomic mass is 35.5. The molecule has 2 rings (SSSR count). The molecule has 2 N–H and O–H groups in total. The number of urea groups is 1. The topological polar surface area (TPSA) is 50.4 Å². The molecule has 2 aromatic rings. The number of carbonyl (C=O) groups is 1. The molecule has 118 valence electrons. The van der Waals surface area contributed by atoms with Crippen molar-refractivity contribution in [1.29, 1.82) is 0 Å². The van der Waals surface area contributed by atoms with E-state index in [4.69, 9.17) is 27.9 Å². The van der Waals surface area contributed by atoms with E-state index in [-0.39, 0.29) is 19.2 Å². The number of carbonyl (C=O) groups excluding carboxylic acids is 1. The number of halogens is 2. The average molecular weight is 349 g/mol. The minimum absolute atomic E-state index is 0.196. The molecule has 6 heteroatoms. The molecule has 0 unspecified atom stereocenters. The summed E-state index contributed by atoms with van der Waals surface area (Å²) in [5.41, 5.74) is 0.616. The number of hydrogen-bond donors (Lipinski definition) is 2. The average Bonchev–Trinajstić information content (AvgIpc) is 2.52. The molecule has 2 aromatic carbocycles. The van der Waals surface area contributed by atoms with E-state index in [2.05, 4.69) is 22.5 Å². The number of rotatable bonds is 4. The molecular formula is C17H14Cl2N2O2. The van der Waals surface area contributed by atoms with Crippen molar-refractivity contribution in [2.24, 2.45) is 0 Å². The van der Waals surface area contributed by atoms with E-state index in [0.717, 1.165) is 0 Å². The molecule has 0 heterocycles. The van der Waals surface area contributed by atoms with Crippen LogP contribution >= 0.6 is 23.2 Å². The van der Waals surface area contributed by atoms with Gasteiger partial charge in [-0.3, -0.25) is 0 Å². The third kappa shape index (κ3) is 6.11. The SMILES string of the molecule is O=C(NCC#CCOc1ccccc1Cl)Nc1cccc(Cl)c1. The summed E-state index contributed by atoms with van der Waals surface area (Å²) >= 11 is 11.8. The highest BCUT2D eigenvalue weighted by Crippen LogP contribution is 2.22. The van der Waals surface area contributed by atoms with E-state index in [1.54, 1.807) is 36.4 Å². The third-order valence-corrected chi connectivity index (χ3v) is 3.23. The lowest BCUT2D eigenvalue weighted by Crippen LogP contribution is -2.28. The Hall–Kier alpha value is -2.35. The van der Waals surface area contributed by atoms with Crippen molar-refractivity contribution in [3.8, 4) is 17.6 Å². The van der Waals surface area contributed by atoms with Gasteiger partial charge in [0.05, 0.1) is 11.6 Å². The maximum Gasteiger partial charge on any atom is 0.319 e. The monoisotopic (exact) mass is 348 g/mol. The van der Waals surface area contributed by atoms with Gasteiger partial charge in [0.25, 0.3) is 0 Å². The maximum absolute atomic E-state index is 11.6. The molecule has 2 amide bonds. The number of amides is 2. The van der Waals surface area contributed by atoms with Crippen LogP contribution in [0.3, 0.4) is 0 Å². The summed E-state index contributed by atoms with van der Waals surface area (Å²) in [5.74, 6) is 6.16. The van der Waals surface area contributed by atoms with Crippen LogP contribution in [0.2, 0.25) is 10.0 Å². The molecule has 0 aliphatic heterocycles. The molecule has 0 saturated heterocycles. The lowest BCUT2D eigenvalue weighted by Gasteiger charge is -2.05. The van der Waals surface area contributed by atoms with E-state index in [1.807, 2.05) is 12.1 Å². The van der Waals surface area contributed by atoms with E-state index in [9.17, 15) is 4.79 Å². The van der Waals surface area contributed by atoms with Crippen molar-refractivity contribution in [2.45, 2.75) is 0 Å². The highest BCUT2D eigenvalue weighted by molar-refractivity contribution is 6.32. The van der Waals surface area contributed by atoms with Gasteiger partial charge in [0, 0.05) is 10.7 Å². The first kappa shape index (κ1) is 17.0. The second-order valence-corrected chi connectivity index (χ2v) is 5.23. The fourth-order valence-electron chi connectivity index (χ4n) is 1.66. The first-order valence-electron chi connectivity index (χ1n) is 6.78. The lowest BCUT2D eigenvalue weighted by atomic mass is 10.3. The predicted octanol–water partition coefficient (Wildman–Crippen LogP) is 4.20. The Labute approximate surface area is 144 Å². The summed E-state index contributed by atoms with van der Waals surface area (Å²) < 4.78 is 5.40. The molecule has 0 aromatic heterocycles. The Morgan fingerprint density at radius 2 is 1.91 bits per heavy atom. The number of hydrogen-bond acceptors (Lipinski definition) is 2. The molecular weight excluding hydrogens is 335 g/mol. The third-order valence-electron chi connectivity index (χ3n) is 2.68. The van der Waals surface area contributed by atoms with Crippen LogP contribution < -0.4 is 15.4 Å². The van der Waals surface area contributed by atoms with Gasteiger partial charge in [0.15, 0.2) is 0 Å². The van der Waals surface area contributed by atoms with E-state index >= 15 is 0 Å². The number of para-hydroxylation sites is 1. The molecule has 4 nitrogen and oxygen atoms in total. The standard InChI is InChI=1S/C17H14Cl2N2O2/c18-13-6-5-7-14(12-13)21-17(22)20-10-3-4-11-23-16-9-2-1-8-15(16)19/h1-2,5-9,12H,10-11H2,(H2,20,21,22). The van der Waals surface area contributed by atoms with Crippen molar-refractivity contribution in [2.75, 3.05) is 18.5 Å². The van der Waals surface area contributed by atoms with Gasteiger partial charge in [-0.05, 0) is 30.3 Å². The van der Waals surface area contributed by atoms with Gasteiger partial charge < -0.3 is 15.4 Å². The Bertz CT molecular complexity index is 739. The fourth-order valence-corrected chi connectivity index (χ4v) is 2.04. The van der Waals surface area contributed by atoms with Crippen LogP contribution in [0, 0.1) is 11.8 Å². The van der Waals surface area contributed by atoms with Crippen molar-refractivity contribution >= 4 is 34.9 Å². The second kappa shape index (κ2) is 8.94. The summed E-state index contributed by atoms with van der Waals surface area (Å²) in [6.45, 7) is 0.402. The lowest BCUT2D eigenvalue weighted by molar-refractivity contribution is 0.253. The zero-order valence-electron chi connectivity index (χ0n) is 12.1. The van der Waals surface area contributed by atoms with Crippen LogP contribution in [-0.4, -0.2) is 19.2 Å². The van der Waals surface area contributed by atoms with Crippen molar-refractivity contribution in [3.05, 3.63) is 58.6 Å². The Balaban J connectivity index is 1.69. The van der Waals surface area contributed by atoms with Crippen LogP contribution in [0.4, 0.5) is 10.5 Å². The molecule has 0 saturated carbocycles. The number of nitrogens with one attached hydrogen (secondary N) is 2. The summed E-state index contributed by atoms with van der Waals surface area (Å²) in [6, 6.07) is 13.7. The zero-order chi connectivity index (χ0) is 16.5. The maximum atomic E-state index is 11.6. The van der Waals surface area contributed by atoms with Crippen LogP contribution in [0.25, 0.3) is 0 Å². The van der Waals surface area contributed by atoms with Gasteiger partial charge >= 0.3 is 6.03 Å². The van der Waals surface area contributed by atoms with Gasteiger partial charge in [0.1, 0.15) is 12.4 Å². The second-order valence-electron chi connectivity index (χ2n) is 4.39. The quantitative estimate of drug-likeness (QED) is 0.813. The predicted molar refractivity (Wildman–Crippen MR) is 93.2 cm³/mol. The van der Waals surface area contributed by atoms with Gasteiger partial charge in [-0.2, -0.15) is 0 Å². The minimum atomic E-state index is -0.353. The summed E-state index contributed by atoms with van der Waals surface area (Å²) in [4.78, 5) is 11.6. The van der Waals surface area contributed by atoms with E-state index in [0.29, 0.717) is 21.5 Å². The van der Waals surface area contributed by atoms with Crippen molar-refractivity contribution in [3.63, 3.8) is 0 Å². The first-order valence-corrected chi connectivity index (χ1v) is 7.54. The van der Waals surface area contributed by atoms with Gasteiger partial charge in [-0.1, -0.05) is 53.2 Å². The Morgan fingerprint density at radius 1 is 1.09 bits per heavy atom. The molecule has 0 spiro atoms. The minimum Gasteiger partial charge on any atom is -0.479 e. The summed E-state index contributed by atoms with van der Waals surface area (Å²) in [7, 11) is 0. The summed E-state index contributed by atoms with van der Waals surface area (Å²) in [6.07, 6.45) is 0. The van der Waals surface area contributed by atoms with Crippen molar-refractivity contribution < 1.29 is 9.53 Å². The first-order chi connectivity index (χ1) is 11.1. The normalized spacial score (nSPS) is 9.48. The molecule has 0 atom stereocenters. The van der Waals surface area contributed by atoms with E-state index in [1.165, 1.54) is 0 Å². The number of ether oxygens (including phenoxy) is 1. The molecule has 0 bridgehead atoms. The van der Waals surface area contributed by atoms with Gasteiger partial charge in [-0.15, -0.1) is 0 Å². The Morgan fingerprint density at radius 3 is 2.70 bits per heavy atom.